The highest BCUT2D eigenvalue weighted by Crippen LogP contribution is 2.56. The van der Waals surface area contributed by atoms with Gasteiger partial charge in [0.2, 0.25) is 0 Å². The van der Waals surface area contributed by atoms with E-state index in [0.29, 0.717) is 5.75 Å². The summed E-state index contributed by atoms with van der Waals surface area (Å²) < 4.78 is 0. The molecule has 1 heteroatoms. The number of allylic oxidation sites excluding steroid dienone is 1. The first-order valence-electron chi connectivity index (χ1n) is 7.28. The molecule has 1 aromatic rings. The molecule has 1 nitrogen and oxygen atoms in total. The van der Waals surface area contributed by atoms with Crippen LogP contribution in [0.2, 0.25) is 0 Å². The molecule has 4 aliphatic carbocycles. The molecule has 4 bridgehead atoms. The van der Waals surface area contributed by atoms with Crippen molar-refractivity contribution in [1.82, 2.24) is 0 Å². The molecular formula is C17H20O. The standard InChI is InChI=1S/C17H20O/c18-16-3-1-2-11(9-16)10-17-14-5-12-4-13(7-14)8-15(17)6-12/h1-3,9-10,12-15,18H,4-8H2. The molecule has 0 unspecified atom stereocenters. The van der Waals surface area contributed by atoms with Crippen LogP contribution in [0.3, 0.4) is 0 Å². The summed E-state index contributed by atoms with van der Waals surface area (Å²) in [5.41, 5.74) is 2.87. The zero-order valence-corrected chi connectivity index (χ0v) is 10.7. The smallest absolute Gasteiger partial charge is 0.116 e. The average molecular weight is 240 g/mol. The fourth-order valence-corrected chi connectivity index (χ4v) is 4.77. The first-order chi connectivity index (χ1) is 8.78. The van der Waals surface area contributed by atoms with Gasteiger partial charge in [-0.05, 0) is 73.5 Å². The number of benzene rings is 1. The summed E-state index contributed by atoms with van der Waals surface area (Å²) >= 11 is 0. The third-order valence-electron chi connectivity index (χ3n) is 5.28. The highest BCUT2D eigenvalue weighted by Gasteiger charge is 2.44. The normalized spacial score (nSPS) is 37.0. The van der Waals surface area contributed by atoms with Crippen LogP contribution in [0.5, 0.6) is 5.75 Å². The van der Waals surface area contributed by atoms with Gasteiger partial charge in [0.25, 0.3) is 0 Å². The van der Waals surface area contributed by atoms with E-state index in [4.69, 9.17) is 0 Å². The van der Waals surface area contributed by atoms with Crippen molar-refractivity contribution in [2.45, 2.75) is 32.1 Å². The Labute approximate surface area is 109 Å². The average Bonchev–Trinajstić information content (AvgIpc) is 2.33. The number of phenols is 1. The fourth-order valence-electron chi connectivity index (χ4n) is 4.77. The Morgan fingerprint density at radius 1 is 0.944 bits per heavy atom. The lowest BCUT2D eigenvalue weighted by Crippen LogP contribution is -2.40. The number of hydrogen-bond donors (Lipinski definition) is 1. The highest BCUT2D eigenvalue weighted by atomic mass is 16.3. The van der Waals surface area contributed by atoms with Crippen LogP contribution in [0.15, 0.2) is 29.8 Å². The molecule has 0 radical (unpaired) electrons. The van der Waals surface area contributed by atoms with Crippen molar-refractivity contribution >= 4 is 6.08 Å². The number of phenolic OH excluding ortho intramolecular Hbond substituents is 1. The van der Waals surface area contributed by atoms with Crippen LogP contribution in [-0.4, -0.2) is 5.11 Å². The van der Waals surface area contributed by atoms with Crippen LogP contribution in [-0.2, 0) is 0 Å². The number of rotatable bonds is 1. The Balaban J connectivity index is 1.68. The van der Waals surface area contributed by atoms with Gasteiger partial charge in [0, 0.05) is 0 Å². The SMILES string of the molecule is Oc1cccc(C=C2C3CC4CC(C3)CC2C4)c1. The lowest BCUT2D eigenvalue weighted by atomic mass is 9.54. The third kappa shape index (κ3) is 1.68. The Kier molecular flexibility index (Phi) is 2.30. The molecule has 94 valence electrons. The van der Waals surface area contributed by atoms with Gasteiger partial charge in [-0.2, -0.15) is 0 Å². The molecule has 1 N–H and O–H groups in total. The minimum Gasteiger partial charge on any atom is -0.508 e. The molecule has 4 aliphatic rings. The van der Waals surface area contributed by atoms with Gasteiger partial charge in [-0.1, -0.05) is 23.8 Å². The molecule has 1 aromatic carbocycles. The first kappa shape index (κ1) is 10.7. The van der Waals surface area contributed by atoms with E-state index in [9.17, 15) is 5.11 Å². The van der Waals surface area contributed by atoms with E-state index in [1.54, 1.807) is 11.6 Å². The summed E-state index contributed by atoms with van der Waals surface area (Å²) in [6.45, 7) is 0. The molecule has 4 saturated carbocycles. The van der Waals surface area contributed by atoms with E-state index >= 15 is 0 Å². The van der Waals surface area contributed by atoms with Crippen molar-refractivity contribution in [1.29, 1.82) is 0 Å². The molecule has 18 heavy (non-hydrogen) atoms. The Morgan fingerprint density at radius 2 is 1.61 bits per heavy atom. The van der Waals surface area contributed by atoms with Crippen LogP contribution in [0.4, 0.5) is 0 Å². The monoisotopic (exact) mass is 240 g/mol. The highest BCUT2D eigenvalue weighted by molar-refractivity contribution is 5.56. The minimum atomic E-state index is 0.383. The summed E-state index contributed by atoms with van der Waals surface area (Å²) in [6.07, 6.45) is 9.59. The Hall–Kier alpha value is -1.24. The van der Waals surface area contributed by atoms with Gasteiger partial charge in [-0.15, -0.1) is 0 Å². The van der Waals surface area contributed by atoms with Gasteiger partial charge in [0.1, 0.15) is 5.75 Å². The molecule has 0 heterocycles. The van der Waals surface area contributed by atoms with Gasteiger partial charge in [-0.25, -0.2) is 0 Å². The van der Waals surface area contributed by atoms with Crippen molar-refractivity contribution in [3.05, 3.63) is 35.4 Å². The molecule has 0 saturated heterocycles. The molecule has 0 aromatic heterocycles. The van der Waals surface area contributed by atoms with E-state index in [-0.39, 0.29) is 0 Å². The van der Waals surface area contributed by atoms with Crippen molar-refractivity contribution in [3.8, 4) is 5.75 Å². The maximum atomic E-state index is 9.57. The van der Waals surface area contributed by atoms with Crippen LogP contribution >= 0.6 is 0 Å². The Bertz CT molecular complexity index is 470. The maximum Gasteiger partial charge on any atom is 0.116 e. The molecule has 0 spiro atoms. The van der Waals surface area contributed by atoms with Crippen molar-refractivity contribution < 1.29 is 5.11 Å². The largest absolute Gasteiger partial charge is 0.508 e. The molecule has 4 fully saturated rings. The van der Waals surface area contributed by atoms with Crippen LogP contribution in [0.1, 0.15) is 37.7 Å². The third-order valence-corrected chi connectivity index (χ3v) is 5.28. The second-order valence-corrected chi connectivity index (χ2v) is 6.54. The van der Waals surface area contributed by atoms with E-state index < -0.39 is 0 Å². The van der Waals surface area contributed by atoms with Crippen molar-refractivity contribution in [2.75, 3.05) is 0 Å². The number of hydrogen-bond acceptors (Lipinski definition) is 1. The first-order valence-corrected chi connectivity index (χ1v) is 7.28. The van der Waals surface area contributed by atoms with Crippen molar-refractivity contribution in [3.63, 3.8) is 0 Å². The van der Waals surface area contributed by atoms with Gasteiger partial charge in [-0.3, -0.25) is 0 Å². The lowest BCUT2D eigenvalue weighted by Gasteiger charge is -2.51. The van der Waals surface area contributed by atoms with Gasteiger partial charge < -0.3 is 5.11 Å². The summed E-state index contributed by atoms with van der Waals surface area (Å²) in [5, 5.41) is 9.57. The molecular weight excluding hydrogens is 220 g/mol. The summed E-state index contributed by atoms with van der Waals surface area (Å²) in [4.78, 5) is 0. The second-order valence-electron chi connectivity index (χ2n) is 6.54. The van der Waals surface area contributed by atoms with Crippen LogP contribution in [0.25, 0.3) is 6.08 Å². The topological polar surface area (TPSA) is 20.2 Å². The van der Waals surface area contributed by atoms with Crippen LogP contribution in [0, 0.1) is 23.7 Å². The molecule has 0 atom stereocenters. The van der Waals surface area contributed by atoms with Crippen molar-refractivity contribution in [2.24, 2.45) is 23.7 Å². The lowest BCUT2D eigenvalue weighted by molar-refractivity contribution is 0.0710. The van der Waals surface area contributed by atoms with Gasteiger partial charge in [0.15, 0.2) is 0 Å². The fraction of sp³-hybridized carbons (Fsp3) is 0.529. The molecule has 0 aliphatic heterocycles. The zero-order valence-electron chi connectivity index (χ0n) is 10.7. The van der Waals surface area contributed by atoms with E-state index in [0.717, 1.165) is 23.7 Å². The predicted molar refractivity (Wildman–Crippen MR) is 73.1 cm³/mol. The second kappa shape index (κ2) is 3.88. The predicted octanol–water partition coefficient (Wildman–Crippen LogP) is 4.23. The maximum absolute atomic E-state index is 9.57. The van der Waals surface area contributed by atoms with Gasteiger partial charge in [0.05, 0.1) is 0 Å². The minimum absolute atomic E-state index is 0.383. The van der Waals surface area contributed by atoms with Crippen LogP contribution < -0.4 is 0 Å². The quantitative estimate of drug-likeness (QED) is 0.778. The zero-order chi connectivity index (χ0) is 12.1. The van der Waals surface area contributed by atoms with Gasteiger partial charge >= 0.3 is 0 Å². The number of aromatic hydroxyl groups is 1. The molecule has 5 rings (SSSR count). The van der Waals surface area contributed by atoms with E-state index in [1.165, 1.54) is 37.7 Å². The van der Waals surface area contributed by atoms with E-state index in [2.05, 4.69) is 12.1 Å². The summed E-state index contributed by atoms with van der Waals surface area (Å²) in [7, 11) is 0. The molecule has 0 amide bonds. The van der Waals surface area contributed by atoms with E-state index in [1.807, 2.05) is 12.1 Å². The summed E-state index contributed by atoms with van der Waals surface area (Å²) in [6, 6.07) is 7.69. The Morgan fingerprint density at radius 3 is 2.22 bits per heavy atom. The summed E-state index contributed by atoms with van der Waals surface area (Å²) in [5.74, 6) is 4.13.